The highest BCUT2D eigenvalue weighted by molar-refractivity contribution is 5.92. The van der Waals surface area contributed by atoms with Gasteiger partial charge in [0.05, 0.1) is 6.42 Å². The predicted octanol–water partition coefficient (Wildman–Crippen LogP) is 5.81. The fourth-order valence-corrected chi connectivity index (χ4v) is 2.98. The van der Waals surface area contributed by atoms with Crippen LogP contribution >= 0.6 is 0 Å². The third kappa shape index (κ3) is 6.00. The molecule has 0 unspecified atom stereocenters. The molecule has 3 rings (SSSR count). The van der Waals surface area contributed by atoms with Crippen molar-refractivity contribution in [3.05, 3.63) is 90.0 Å². The van der Waals surface area contributed by atoms with Crippen LogP contribution in [0.1, 0.15) is 25.0 Å². The molecule has 1 amide bonds. The Labute approximate surface area is 161 Å². The maximum Gasteiger partial charge on any atom is 0.228 e. The maximum absolute atomic E-state index is 12.3. The smallest absolute Gasteiger partial charge is 0.228 e. The zero-order valence-electron chi connectivity index (χ0n) is 15.9. The summed E-state index contributed by atoms with van der Waals surface area (Å²) in [4.78, 5) is 12.3. The van der Waals surface area contributed by atoms with Gasteiger partial charge in [0.1, 0.15) is 0 Å². The summed E-state index contributed by atoms with van der Waals surface area (Å²) in [7, 11) is 0. The fourth-order valence-electron chi connectivity index (χ4n) is 2.98. The molecule has 0 aliphatic heterocycles. The van der Waals surface area contributed by atoms with Crippen LogP contribution in [0.4, 0.5) is 17.1 Å². The van der Waals surface area contributed by atoms with E-state index in [-0.39, 0.29) is 5.91 Å². The number of anilines is 3. The second-order valence-corrected chi connectivity index (χ2v) is 7.21. The predicted molar refractivity (Wildman–Crippen MR) is 113 cm³/mol. The first kappa shape index (κ1) is 18.7. The molecule has 0 spiro atoms. The minimum absolute atomic E-state index is 0.00428. The molecule has 0 radical (unpaired) electrons. The van der Waals surface area contributed by atoms with E-state index < -0.39 is 0 Å². The summed E-state index contributed by atoms with van der Waals surface area (Å²) in [5, 5.41) is 6.29. The van der Waals surface area contributed by atoms with E-state index in [0.717, 1.165) is 29.0 Å². The number of amides is 1. The first-order valence-corrected chi connectivity index (χ1v) is 9.38. The molecule has 2 N–H and O–H groups in total. The first-order chi connectivity index (χ1) is 13.1. The fraction of sp³-hybridized carbons (Fsp3) is 0.208. The molecule has 0 atom stereocenters. The molecule has 0 aliphatic rings. The van der Waals surface area contributed by atoms with Crippen molar-refractivity contribution >= 4 is 23.0 Å². The van der Waals surface area contributed by atoms with Crippen LogP contribution in [-0.4, -0.2) is 5.91 Å². The molecule has 138 valence electrons. The SMILES string of the molecule is CC(C)Cc1ccc(CC(=O)Nc2ccc(Nc3ccccc3)cc2)cc1. The number of benzene rings is 3. The number of para-hydroxylation sites is 1. The van der Waals surface area contributed by atoms with Crippen LogP contribution in [0.25, 0.3) is 0 Å². The van der Waals surface area contributed by atoms with E-state index in [1.165, 1.54) is 5.56 Å². The van der Waals surface area contributed by atoms with Crippen molar-refractivity contribution in [2.45, 2.75) is 26.7 Å². The van der Waals surface area contributed by atoms with Gasteiger partial charge in [0.2, 0.25) is 5.91 Å². The van der Waals surface area contributed by atoms with Gasteiger partial charge in [0.15, 0.2) is 0 Å². The number of carbonyl (C=O) groups is 1. The molecule has 0 fully saturated rings. The van der Waals surface area contributed by atoms with Gasteiger partial charge >= 0.3 is 0 Å². The van der Waals surface area contributed by atoms with Crippen molar-refractivity contribution in [2.24, 2.45) is 5.92 Å². The largest absolute Gasteiger partial charge is 0.356 e. The summed E-state index contributed by atoms with van der Waals surface area (Å²) in [6, 6.07) is 26.1. The van der Waals surface area contributed by atoms with Crippen LogP contribution in [0.5, 0.6) is 0 Å². The van der Waals surface area contributed by atoms with Gasteiger partial charge in [-0.15, -0.1) is 0 Å². The Hall–Kier alpha value is -3.07. The van der Waals surface area contributed by atoms with Gasteiger partial charge in [-0.2, -0.15) is 0 Å². The third-order valence-corrected chi connectivity index (χ3v) is 4.26. The van der Waals surface area contributed by atoms with Crippen molar-refractivity contribution in [1.82, 2.24) is 0 Å². The quantitative estimate of drug-likeness (QED) is 0.559. The van der Waals surface area contributed by atoms with Crippen LogP contribution < -0.4 is 10.6 Å². The maximum atomic E-state index is 12.3. The van der Waals surface area contributed by atoms with E-state index in [0.29, 0.717) is 12.3 Å². The Morgan fingerprint density at radius 3 is 1.93 bits per heavy atom. The molecule has 3 nitrogen and oxygen atoms in total. The second kappa shape index (κ2) is 9.04. The van der Waals surface area contributed by atoms with Crippen LogP contribution in [0, 0.1) is 5.92 Å². The molecule has 0 aliphatic carbocycles. The van der Waals surface area contributed by atoms with Crippen LogP contribution in [0.2, 0.25) is 0 Å². The molecule has 0 heterocycles. The van der Waals surface area contributed by atoms with E-state index in [4.69, 9.17) is 0 Å². The topological polar surface area (TPSA) is 41.1 Å². The van der Waals surface area contributed by atoms with E-state index in [1.54, 1.807) is 0 Å². The average Bonchev–Trinajstić information content (AvgIpc) is 2.65. The Bertz CT molecular complexity index is 853. The van der Waals surface area contributed by atoms with Crippen LogP contribution in [0.3, 0.4) is 0 Å². The molecule has 0 bridgehead atoms. The standard InChI is InChI=1S/C24H26N2O/c1-18(2)16-19-8-10-20(11-9-19)17-24(27)26-23-14-12-22(13-15-23)25-21-6-4-3-5-7-21/h3-15,18,25H,16-17H2,1-2H3,(H,26,27). The summed E-state index contributed by atoms with van der Waals surface area (Å²) in [5.74, 6) is 0.633. The lowest BCUT2D eigenvalue weighted by molar-refractivity contribution is -0.115. The van der Waals surface area contributed by atoms with Gasteiger partial charge in [0, 0.05) is 17.1 Å². The molecule has 3 heteroatoms. The number of carbonyl (C=O) groups excluding carboxylic acids is 1. The summed E-state index contributed by atoms with van der Waals surface area (Å²) < 4.78 is 0. The highest BCUT2D eigenvalue weighted by Crippen LogP contribution is 2.19. The van der Waals surface area contributed by atoms with Gasteiger partial charge < -0.3 is 10.6 Å². The molecule has 0 saturated heterocycles. The lowest BCUT2D eigenvalue weighted by atomic mass is 10.0. The van der Waals surface area contributed by atoms with E-state index in [9.17, 15) is 4.79 Å². The van der Waals surface area contributed by atoms with Crippen molar-refractivity contribution in [1.29, 1.82) is 0 Å². The number of rotatable bonds is 7. The minimum atomic E-state index is -0.00428. The Morgan fingerprint density at radius 2 is 1.30 bits per heavy atom. The zero-order valence-corrected chi connectivity index (χ0v) is 15.9. The highest BCUT2D eigenvalue weighted by atomic mass is 16.1. The zero-order chi connectivity index (χ0) is 19.1. The Kier molecular flexibility index (Phi) is 6.26. The molecular weight excluding hydrogens is 332 g/mol. The van der Waals surface area contributed by atoms with Crippen LogP contribution in [0.15, 0.2) is 78.9 Å². The van der Waals surface area contributed by atoms with Crippen molar-refractivity contribution in [3.63, 3.8) is 0 Å². The van der Waals surface area contributed by atoms with Gasteiger partial charge in [-0.1, -0.05) is 56.3 Å². The summed E-state index contributed by atoms with van der Waals surface area (Å²) in [6.45, 7) is 4.42. The summed E-state index contributed by atoms with van der Waals surface area (Å²) in [6.07, 6.45) is 1.45. The van der Waals surface area contributed by atoms with Gasteiger partial charge in [-0.05, 0) is 59.9 Å². The number of nitrogens with one attached hydrogen (secondary N) is 2. The number of hydrogen-bond donors (Lipinski definition) is 2. The first-order valence-electron chi connectivity index (χ1n) is 9.38. The highest BCUT2D eigenvalue weighted by Gasteiger charge is 2.05. The third-order valence-electron chi connectivity index (χ3n) is 4.26. The molecule has 0 saturated carbocycles. The van der Waals surface area contributed by atoms with Gasteiger partial charge in [0.25, 0.3) is 0 Å². The molecule has 3 aromatic rings. The van der Waals surface area contributed by atoms with Crippen LogP contribution in [-0.2, 0) is 17.6 Å². The van der Waals surface area contributed by atoms with E-state index >= 15 is 0 Å². The number of hydrogen-bond acceptors (Lipinski definition) is 2. The normalized spacial score (nSPS) is 10.6. The Morgan fingerprint density at radius 1 is 0.741 bits per heavy atom. The monoisotopic (exact) mass is 358 g/mol. The van der Waals surface area contributed by atoms with Gasteiger partial charge in [-0.25, -0.2) is 0 Å². The summed E-state index contributed by atoms with van der Waals surface area (Å²) in [5.41, 5.74) is 5.17. The minimum Gasteiger partial charge on any atom is -0.356 e. The lowest BCUT2D eigenvalue weighted by Gasteiger charge is -2.09. The van der Waals surface area contributed by atoms with Crippen molar-refractivity contribution < 1.29 is 4.79 Å². The van der Waals surface area contributed by atoms with Gasteiger partial charge in [-0.3, -0.25) is 4.79 Å². The lowest BCUT2D eigenvalue weighted by Crippen LogP contribution is -2.14. The molecular formula is C24H26N2O. The Balaban J connectivity index is 1.53. The summed E-state index contributed by atoms with van der Waals surface area (Å²) >= 11 is 0. The van der Waals surface area contributed by atoms with Crippen molar-refractivity contribution in [3.8, 4) is 0 Å². The second-order valence-electron chi connectivity index (χ2n) is 7.21. The van der Waals surface area contributed by atoms with Crippen molar-refractivity contribution in [2.75, 3.05) is 10.6 Å². The molecule has 0 aromatic heterocycles. The average molecular weight is 358 g/mol. The van der Waals surface area contributed by atoms with E-state index in [1.807, 2.05) is 66.7 Å². The molecule has 3 aromatic carbocycles. The van der Waals surface area contributed by atoms with E-state index in [2.05, 4.69) is 36.6 Å². The molecule has 27 heavy (non-hydrogen) atoms.